The molecule has 0 aromatic carbocycles. The highest BCUT2D eigenvalue weighted by atomic mass is 16.4. The zero-order valence-corrected chi connectivity index (χ0v) is 9.59. The minimum Gasteiger partial charge on any atom is -0.479 e. The molecular formula is C12H18N2O2. The van der Waals surface area contributed by atoms with Crippen molar-refractivity contribution in [2.24, 2.45) is 5.92 Å². The quantitative estimate of drug-likeness (QED) is 0.850. The fraction of sp³-hybridized carbons (Fsp3) is 0.667. The summed E-state index contributed by atoms with van der Waals surface area (Å²) in [5.74, 6) is -0.221. The van der Waals surface area contributed by atoms with Crippen molar-refractivity contribution >= 4 is 5.97 Å². The second kappa shape index (κ2) is 4.28. The molecule has 1 aliphatic rings. The summed E-state index contributed by atoms with van der Waals surface area (Å²) in [5.41, 5.74) is -0.842. The molecular weight excluding hydrogens is 204 g/mol. The lowest BCUT2D eigenvalue weighted by atomic mass is 9.87. The molecule has 0 bridgehead atoms. The molecule has 1 aromatic rings. The van der Waals surface area contributed by atoms with Crippen LogP contribution in [0.1, 0.15) is 39.0 Å². The second-order valence-electron chi connectivity index (χ2n) is 4.90. The Morgan fingerprint density at radius 3 is 2.75 bits per heavy atom. The van der Waals surface area contributed by atoms with E-state index in [1.807, 2.05) is 0 Å². The first-order valence-electron chi connectivity index (χ1n) is 5.85. The first-order valence-corrected chi connectivity index (χ1v) is 5.85. The van der Waals surface area contributed by atoms with Crippen LogP contribution in [0, 0.1) is 5.92 Å². The molecule has 0 aliphatic heterocycles. The molecule has 16 heavy (non-hydrogen) atoms. The van der Waals surface area contributed by atoms with Gasteiger partial charge in [-0.2, -0.15) is 0 Å². The SMILES string of the molecule is CC(CC1CCCC1)(C(=O)O)n1ccnc1. The molecule has 4 heteroatoms. The molecule has 0 spiro atoms. The highest BCUT2D eigenvalue weighted by Crippen LogP contribution is 2.35. The topological polar surface area (TPSA) is 55.1 Å². The van der Waals surface area contributed by atoms with E-state index in [1.54, 1.807) is 30.2 Å². The van der Waals surface area contributed by atoms with Crippen LogP contribution in [-0.4, -0.2) is 20.6 Å². The number of imidazole rings is 1. The van der Waals surface area contributed by atoms with Crippen molar-refractivity contribution < 1.29 is 9.90 Å². The Morgan fingerprint density at radius 1 is 1.56 bits per heavy atom. The molecule has 0 radical (unpaired) electrons. The van der Waals surface area contributed by atoms with Crippen molar-refractivity contribution in [3.05, 3.63) is 18.7 Å². The van der Waals surface area contributed by atoms with Crippen LogP contribution in [0.15, 0.2) is 18.7 Å². The number of carboxylic acids is 1. The van der Waals surface area contributed by atoms with Gasteiger partial charge < -0.3 is 9.67 Å². The van der Waals surface area contributed by atoms with Crippen LogP contribution < -0.4 is 0 Å². The van der Waals surface area contributed by atoms with Crippen LogP contribution in [0.4, 0.5) is 0 Å². The van der Waals surface area contributed by atoms with Crippen LogP contribution in [0.5, 0.6) is 0 Å². The van der Waals surface area contributed by atoms with Crippen molar-refractivity contribution in [1.82, 2.24) is 9.55 Å². The molecule has 1 fully saturated rings. The van der Waals surface area contributed by atoms with Crippen LogP contribution in [0.25, 0.3) is 0 Å². The highest BCUT2D eigenvalue weighted by molar-refractivity contribution is 5.76. The summed E-state index contributed by atoms with van der Waals surface area (Å²) in [4.78, 5) is 15.4. The Balaban J connectivity index is 2.18. The average molecular weight is 222 g/mol. The Morgan fingerprint density at radius 2 is 2.25 bits per heavy atom. The van der Waals surface area contributed by atoms with Crippen LogP contribution in [0.3, 0.4) is 0 Å². The van der Waals surface area contributed by atoms with Crippen molar-refractivity contribution in [3.8, 4) is 0 Å². The highest BCUT2D eigenvalue weighted by Gasteiger charge is 2.37. The Kier molecular flexibility index (Phi) is 2.99. The van der Waals surface area contributed by atoms with E-state index in [9.17, 15) is 9.90 Å². The summed E-state index contributed by atoms with van der Waals surface area (Å²) in [6.45, 7) is 1.79. The lowest BCUT2D eigenvalue weighted by Crippen LogP contribution is -2.39. The van der Waals surface area contributed by atoms with Gasteiger partial charge in [-0.25, -0.2) is 9.78 Å². The van der Waals surface area contributed by atoms with E-state index >= 15 is 0 Å². The van der Waals surface area contributed by atoms with Crippen LogP contribution in [-0.2, 0) is 10.3 Å². The Bertz CT molecular complexity index is 355. The average Bonchev–Trinajstić information content (AvgIpc) is 2.88. The van der Waals surface area contributed by atoms with E-state index in [0.717, 1.165) is 12.8 Å². The summed E-state index contributed by atoms with van der Waals surface area (Å²) in [7, 11) is 0. The molecule has 1 atom stereocenters. The first-order chi connectivity index (χ1) is 7.63. The fourth-order valence-corrected chi connectivity index (χ4v) is 2.63. The molecule has 0 saturated heterocycles. The molecule has 1 N–H and O–H groups in total. The molecule has 1 unspecified atom stereocenters. The first kappa shape index (κ1) is 11.2. The monoisotopic (exact) mass is 222 g/mol. The summed E-state index contributed by atoms with van der Waals surface area (Å²) >= 11 is 0. The third kappa shape index (κ3) is 1.96. The zero-order chi connectivity index (χ0) is 11.6. The number of aromatic nitrogens is 2. The van der Waals surface area contributed by atoms with Gasteiger partial charge in [0.1, 0.15) is 5.54 Å². The number of carbonyl (C=O) groups is 1. The van der Waals surface area contributed by atoms with Gasteiger partial charge in [0.15, 0.2) is 0 Å². The Hall–Kier alpha value is -1.32. The van der Waals surface area contributed by atoms with E-state index in [4.69, 9.17) is 0 Å². The smallest absolute Gasteiger partial charge is 0.329 e. The van der Waals surface area contributed by atoms with E-state index < -0.39 is 11.5 Å². The van der Waals surface area contributed by atoms with Gasteiger partial charge in [-0.05, 0) is 19.3 Å². The van der Waals surface area contributed by atoms with Gasteiger partial charge in [0.2, 0.25) is 0 Å². The second-order valence-corrected chi connectivity index (χ2v) is 4.90. The predicted octanol–water partition coefficient (Wildman–Crippen LogP) is 2.26. The minimum atomic E-state index is -0.842. The van der Waals surface area contributed by atoms with Gasteiger partial charge in [-0.15, -0.1) is 0 Å². The molecule has 88 valence electrons. The van der Waals surface area contributed by atoms with E-state index in [-0.39, 0.29) is 0 Å². The van der Waals surface area contributed by atoms with Crippen molar-refractivity contribution in [1.29, 1.82) is 0 Å². The molecule has 4 nitrogen and oxygen atoms in total. The molecule has 1 heterocycles. The number of carboxylic acid groups (broad SMARTS) is 1. The van der Waals surface area contributed by atoms with Gasteiger partial charge in [-0.3, -0.25) is 0 Å². The van der Waals surface area contributed by atoms with Crippen molar-refractivity contribution in [3.63, 3.8) is 0 Å². The summed E-state index contributed by atoms with van der Waals surface area (Å²) in [5, 5.41) is 9.42. The third-order valence-electron chi connectivity index (χ3n) is 3.70. The fourth-order valence-electron chi connectivity index (χ4n) is 2.63. The maximum atomic E-state index is 11.5. The number of hydrogen-bond donors (Lipinski definition) is 1. The van der Waals surface area contributed by atoms with E-state index in [0.29, 0.717) is 12.3 Å². The minimum absolute atomic E-state index is 0.545. The standard InChI is InChI=1S/C12H18N2O2/c1-12(11(15)16,14-7-6-13-9-14)8-10-4-2-3-5-10/h6-7,9-10H,2-5,8H2,1H3,(H,15,16). The van der Waals surface area contributed by atoms with Crippen molar-refractivity contribution in [2.45, 2.75) is 44.6 Å². The maximum Gasteiger partial charge on any atom is 0.329 e. The van der Waals surface area contributed by atoms with E-state index in [2.05, 4.69) is 4.98 Å². The predicted molar refractivity (Wildman–Crippen MR) is 60.1 cm³/mol. The zero-order valence-electron chi connectivity index (χ0n) is 9.59. The van der Waals surface area contributed by atoms with Crippen LogP contribution in [0.2, 0.25) is 0 Å². The lowest BCUT2D eigenvalue weighted by molar-refractivity contribution is -0.147. The third-order valence-corrected chi connectivity index (χ3v) is 3.70. The van der Waals surface area contributed by atoms with Gasteiger partial charge in [0.05, 0.1) is 6.33 Å². The van der Waals surface area contributed by atoms with Gasteiger partial charge >= 0.3 is 5.97 Å². The molecule has 1 aromatic heterocycles. The number of nitrogens with zero attached hydrogens (tertiary/aromatic N) is 2. The Labute approximate surface area is 95.3 Å². The number of aliphatic carboxylic acids is 1. The van der Waals surface area contributed by atoms with Gasteiger partial charge in [0.25, 0.3) is 0 Å². The molecule has 0 amide bonds. The maximum absolute atomic E-state index is 11.5. The summed E-state index contributed by atoms with van der Waals surface area (Å²) in [6.07, 6.45) is 10.5. The van der Waals surface area contributed by atoms with Crippen molar-refractivity contribution in [2.75, 3.05) is 0 Å². The van der Waals surface area contributed by atoms with Crippen LogP contribution >= 0.6 is 0 Å². The number of rotatable bonds is 4. The van der Waals surface area contributed by atoms with E-state index in [1.165, 1.54) is 12.8 Å². The largest absolute Gasteiger partial charge is 0.479 e. The summed E-state index contributed by atoms with van der Waals surface area (Å²) in [6, 6.07) is 0. The molecule has 2 rings (SSSR count). The normalized spacial score (nSPS) is 20.8. The lowest BCUT2D eigenvalue weighted by Gasteiger charge is -2.29. The molecule has 1 saturated carbocycles. The molecule has 1 aliphatic carbocycles. The van der Waals surface area contributed by atoms with Gasteiger partial charge in [-0.1, -0.05) is 25.7 Å². The summed E-state index contributed by atoms with van der Waals surface area (Å²) < 4.78 is 1.72. The number of hydrogen-bond acceptors (Lipinski definition) is 2. The van der Waals surface area contributed by atoms with Gasteiger partial charge in [0, 0.05) is 12.4 Å².